The number of fused-ring (bicyclic) bond motifs is 9. The largest absolute Gasteiger partial charge is 0.453 e. The van der Waals surface area contributed by atoms with Gasteiger partial charge in [-0.1, -0.05) is 133 Å². The highest BCUT2D eigenvalue weighted by Crippen LogP contribution is 2.43. The fourth-order valence-electron chi connectivity index (χ4n) is 8.72. The molecule has 12 rings (SSSR count). The highest BCUT2D eigenvalue weighted by molar-refractivity contribution is 7.26. The maximum atomic E-state index is 7.09. The molecule has 0 aliphatic heterocycles. The number of benzene rings is 7. The molecule has 0 N–H and O–H groups in total. The van der Waals surface area contributed by atoms with Crippen LogP contribution >= 0.6 is 11.3 Å². The van der Waals surface area contributed by atoms with Gasteiger partial charge in [0.2, 0.25) is 0 Å². The Kier molecular flexibility index (Phi) is 7.16. The molecule has 0 bridgehead atoms. The lowest BCUT2D eigenvalue weighted by Gasteiger charge is -2.13. The van der Waals surface area contributed by atoms with E-state index in [9.17, 15) is 0 Å². The minimum atomic E-state index is 0.575. The molecule has 57 heavy (non-hydrogen) atoms. The molecule has 0 fully saturated rings. The molecule has 0 atom stereocenters. The number of para-hydroxylation sites is 2. The van der Waals surface area contributed by atoms with E-state index in [-0.39, 0.29) is 0 Å². The van der Waals surface area contributed by atoms with E-state index >= 15 is 0 Å². The van der Waals surface area contributed by atoms with Gasteiger partial charge in [0, 0.05) is 58.7 Å². The number of rotatable bonds is 5. The lowest BCUT2D eigenvalue weighted by atomic mass is 9.99. The minimum Gasteiger partial charge on any atom is -0.453 e. The molecule has 0 saturated carbocycles. The van der Waals surface area contributed by atoms with Crippen LogP contribution in [0.2, 0.25) is 0 Å². The Labute approximate surface area is 331 Å². The molecular weight excluding hydrogens is 717 g/mol. The van der Waals surface area contributed by atoms with Crippen molar-refractivity contribution in [1.82, 2.24) is 19.5 Å². The molecule has 0 saturated heterocycles. The summed E-state index contributed by atoms with van der Waals surface area (Å²) in [6.07, 6.45) is 6.54. The quantitative estimate of drug-likeness (QED) is 0.176. The number of thiophene rings is 1. The summed E-state index contributed by atoms with van der Waals surface area (Å²) >= 11 is 1.78. The lowest BCUT2D eigenvalue weighted by Crippen LogP contribution is -2.03. The van der Waals surface area contributed by atoms with E-state index in [1.54, 1.807) is 11.3 Å². The summed E-state index contributed by atoms with van der Waals surface area (Å²) in [5.74, 6) is 1.83. The summed E-state index contributed by atoms with van der Waals surface area (Å²) in [5.41, 5.74) is 11.6. The van der Waals surface area contributed by atoms with Gasteiger partial charge >= 0.3 is 0 Å². The fraction of sp³-hybridized carbons (Fsp3) is 0.0392. The van der Waals surface area contributed by atoms with Crippen molar-refractivity contribution in [3.63, 3.8) is 0 Å². The Balaban J connectivity index is 1.08. The lowest BCUT2D eigenvalue weighted by molar-refractivity contribution is 0.665. The molecule has 1 aliphatic carbocycles. The van der Waals surface area contributed by atoms with Crippen LogP contribution in [-0.4, -0.2) is 19.5 Å². The van der Waals surface area contributed by atoms with Crippen molar-refractivity contribution in [2.45, 2.75) is 12.8 Å². The van der Waals surface area contributed by atoms with Crippen LogP contribution in [0.25, 0.3) is 110 Å². The van der Waals surface area contributed by atoms with Crippen molar-refractivity contribution in [2.24, 2.45) is 0 Å². The number of hydrogen-bond donors (Lipinski definition) is 0. The van der Waals surface area contributed by atoms with Crippen LogP contribution < -0.4 is 0 Å². The normalized spacial score (nSPS) is 12.7. The van der Waals surface area contributed by atoms with E-state index in [0.717, 1.165) is 61.9 Å². The Morgan fingerprint density at radius 1 is 0.509 bits per heavy atom. The van der Waals surface area contributed by atoms with Gasteiger partial charge in [-0.25, -0.2) is 15.0 Å². The minimum absolute atomic E-state index is 0.575. The average molecular weight is 749 g/mol. The van der Waals surface area contributed by atoms with Gasteiger partial charge in [0.1, 0.15) is 5.58 Å². The Morgan fingerprint density at radius 3 is 2.02 bits per heavy atom. The predicted octanol–water partition coefficient (Wildman–Crippen LogP) is 13.7. The van der Waals surface area contributed by atoms with E-state index in [2.05, 4.69) is 156 Å². The van der Waals surface area contributed by atoms with E-state index in [4.69, 9.17) is 19.4 Å². The predicted molar refractivity (Wildman–Crippen MR) is 236 cm³/mol. The Bertz CT molecular complexity index is 3410. The Hall–Kier alpha value is -7.15. The zero-order chi connectivity index (χ0) is 37.5. The molecule has 0 unspecified atom stereocenters. The molecule has 0 amide bonds. The summed E-state index contributed by atoms with van der Waals surface area (Å²) in [5, 5.41) is 5.77. The molecule has 6 heteroatoms. The van der Waals surface area contributed by atoms with Gasteiger partial charge in [0.25, 0.3) is 0 Å². The zero-order valence-electron chi connectivity index (χ0n) is 30.7. The molecule has 11 aromatic rings. The van der Waals surface area contributed by atoms with Crippen LogP contribution in [0.3, 0.4) is 0 Å². The molecule has 4 aromatic heterocycles. The number of aromatic nitrogens is 4. The van der Waals surface area contributed by atoms with E-state index in [0.29, 0.717) is 17.5 Å². The van der Waals surface area contributed by atoms with E-state index in [1.165, 1.54) is 48.8 Å². The van der Waals surface area contributed by atoms with Crippen LogP contribution in [0.1, 0.15) is 17.7 Å². The Morgan fingerprint density at radius 2 is 1.18 bits per heavy atom. The van der Waals surface area contributed by atoms with E-state index < -0.39 is 0 Å². The van der Waals surface area contributed by atoms with Crippen LogP contribution in [0.4, 0.5) is 0 Å². The van der Waals surface area contributed by atoms with Crippen LogP contribution in [-0.2, 0) is 6.42 Å². The van der Waals surface area contributed by atoms with Crippen LogP contribution in [0, 0.1) is 0 Å². The van der Waals surface area contributed by atoms with Gasteiger partial charge in [-0.15, -0.1) is 11.3 Å². The molecule has 268 valence electrons. The smallest absolute Gasteiger partial charge is 0.167 e. The molecule has 0 spiro atoms. The highest BCUT2D eigenvalue weighted by Gasteiger charge is 2.24. The van der Waals surface area contributed by atoms with Crippen molar-refractivity contribution < 1.29 is 4.42 Å². The van der Waals surface area contributed by atoms with Crippen molar-refractivity contribution >= 4 is 70.4 Å². The van der Waals surface area contributed by atoms with Gasteiger partial charge in [-0.2, -0.15) is 0 Å². The fourth-order valence-corrected chi connectivity index (χ4v) is 9.93. The number of hydrogen-bond acceptors (Lipinski definition) is 5. The SMILES string of the molecule is C1=Cc2c(n(-c3cccc4c3oc3c(-c5nc(-c6ccccc6)nc(-c6cccc7c6sc6ccccc67)n5)cccc34)c3ccc(-c4ccccc4)cc23)CC1. The molecular formula is C51H32N4OS. The van der Waals surface area contributed by atoms with Crippen molar-refractivity contribution in [1.29, 1.82) is 0 Å². The first-order valence-electron chi connectivity index (χ1n) is 19.3. The maximum absolute atomic E-state index is 7.09. The summed E-state index contributed by atoms with van der Waals surface area (Å²) in [6.45, 7) is 0. The molecule has 7 aromatic carbocycles. The number of allylic oxidation sites excluding steroid dienone is 1. The number of nitrogens with zero attached hydrogens (tertiary/aromatic N) is 4. The van der Waals surface area contributed by atoms with Crippen molar-refractivity contribution in [2.75, 3.05) is 0 Å². The maximum Gasteiger partial charge on any atom is 0.167 e. The summed E-state index contributed by atoms with van der Waals surface area (Å²) < 4.78 is 11.9. The third-order valence-corrected chi connectivity index (χ3v) is 12.6. The monoisotopic (exact) mass is 748 g/mol. The van der Waals surface area contributed by atoms with Gasteiger partial charge in [-0.05, 0) is 60.4 Å². The molecule has 4 heterocycles. The second-order valence-electron chi connectivity index (χ2n) is 14.6. The number of furan rings is 1. The van der Waals surface area contributed by atoms with Gasteiger partial charge in [0.05, 0.1) is 16.8 Å². The highest BCUT2D eigenvalue weighted by atomic mass is 32.1. The molecule has 1 aliphatic rings. The first-order valence-corrected chi connectivity index (χ1v) is 20.1. The standard InChI is InChI=1S/C51H32N4OS/c1-3-14-31(15-4-1)33-28-29-43-41(30-33)34-18-7-9-25-42(34)55(43)44-26-13-21-37-36-20-11-23-39(46(36)56-47(37)44)50-52-49(32-16-5-2-6-17-32)53-51(54-50)40-24-12-22-38-35-19-8-10-27-45(35)57-48(38)40/h1-8,10-24,26-30H,9,25H2. The first-order chi connectivity index (χ1) is 28.3. The van der Waals surface area contributed by atoms with Crippen molar-refractivity contribution in [3.8, 4) is 51.0 Å². The van der Waals surface area contributed by atoms with Crippen LogP contribution in [0.15, 0.2) is 168 Å². The zero-order valence-corrected chi connectivity index (χ0v) is 31.5. The molecule has 5 nitrogen and oxygen atoms in total. The van der Waals surface area contributed by atoms with Gasteiger partial charge in [0.15, 0.2) is 23.1 Å². The van der Waals surface area contributed by atoms with Gasteiger partial charge in [-0.3, -0.25) is 0 Å². The second-order valence-corrected chi connectivity index (χ2v) is 15.7. The average Bonchev–Trinajstić information content (AvgIpc) is 3.96. The third kappa shape index (κ3) is 5.04. The van der Waals surface area contributed by atoms with E-state index in [1.807, 2.05) is 18.2 Å². The summed E-state index contributed by atoms with van der Waals surface area (Å²) in [4.78, 5) is 15.5. The molecule has 0 radical (unpaired) electrons. The topological polar surface area (TPSA) is 56.7 Å². The van der Waals surface area contributed by atoms with Gasteiger partial charge < -0.3 is 8.98 Å². The third-order valence-electron chi connectivity index (χ3n) is 11.3. The van der Waals surface area contributed by atoms with Crippen molar-refractivity contribution in [3.05, 3.63) is 175 Å². The first kappa shape index (κ1) is 32.1. The summed E-state index contributed by atoms with van der Waals surface area (Å²) in [7, 11) is 0. The van der Waals surface area contributed by atoms with Crippen LogP contribution in [0.5, 0.6) is 0 Å². The second kappa shape index (κ2) is 12.7. The summed E-state index contributed by atoms with van der Waals surface area (Å²) in [6, 6.07) is 55.4.